The van der Waals surface area contributed by atoms with Crippen LogP contribution in [-0.4, -0.2) is 16.0 Å². The summed E-state index contributed by atoms with van der Waals surface area (Å²) in [4.78, 5) is 8.08. The molecule has 0 spiro atoms. The van der Waals surface area contributed by atoms with Crippen molar-refractivity contribution in [2.24, 2.45) is 11.8 Å². The molecule has 88 valence electrons. The van der Waals surface area contributed by atoms with Crippen molar-refractivity contribution < 1.29 is 0 Å². The molecule has 3 atom stereocenters. The summed E-state index contributed by atoms with van der Waals surface area (Å²) in [5, 5.41) is 3.45. The number of aromatic nitrogens is 2. The lowest BCUT2D eigenvalue weighted by atomic mass is 9.78. The Morgan fingerprint density at radius 1 is 1.38 bits per heavy atom. The fraction of sp³-hybridized carbons (Fsp3) is 0.667. The Hall–Kier alpha value is -1.32. The van der Waals surface area contributed by atoms with Crippen molar-refractivity contribution in [3.8, 4) is 0 Å². The number of nitrogens with zero attached hydrogens (tertiary/aromatic N) is 2. The highest BCUT2D eigenvalue weighted by Gasteiger charge is 2.27. The number of rotatable bonds is 2. The molecule has 0 aromatic carbocycles. The highest BCUT2D eigenvalue weighted by Crippen LogP contribution is 2.31. The normalized spacial score (nSPS) is 30.0. The van der Waals surface area contributed by atoms with E-state index in [0.29, 0.717) is 17.6 Å². The van der Waals surface area contributed by atoms with Crippen LogP contribution in [0.1, 0.15) is 33.1 Å². The summed E-state index contributed by atoms with van der Waals surface area (Å²) in [7, 11) is 0. The first-order valence-electron chi connectivity index (χ1n) is 6.00. The van der Waals surface area contributed by atoms with Crippen LogP contribution in [0.4, 0.5) is 11.5 Å². The fourth-order valence-corrected chi connectivity index (χ4v) is 2.42. The number of hydrogen-bond acceptors (Lipinski definition) is 4. The van der Waals surface area contributed by atoms with Gasteiger partial charge in [0, 0.05) is 6.04 Å². The van der Waals surface area contributed by atoms with Crippen molar-refractivity contribution >= 4 is 11.5 Å². The Bertz CT molecular complexity index is 353. The average molecular weight is 220 g/mol. The van der Waals surface area contributed by atoms with E-state index in [-0.39, 0.29) is 0 Å². The number of hydrogen-bond donors (Lipinski definition) is 2. The number of nitrogens with two attached hydrogens (primary N) is 1. The maximum absolute atomic E-state index is 5.83. The molecular formula is C12H20N4. The van der Waals surface area contributed by atoms with Crippen LogP contribution in [0.2, 0.25) is 0 Å². The van der Waals surface area contributed by atoms with Gasteiger partial charge in [0.15, 0.2) is 5.82 Å². The van der Waals surface area contributed by atoms with Crippen LogP contribution in [0.3, 0.4) is 0 Å². The summed E-state index contributed by atoms with van der Waals surface area (Å²) in [5.41, 5.74) is 6.46. The van der Waals surface area contributed by atoms with Crippen molar-refractivity contribution in [1.82, 2.24) is 9.97 Å². The predicted molar refractivity (Wildman–Crippen MR) is 66.0 cm³/mol. The van der Waals surface area contributed by atoms with Gasteiger partial charge in [-0.3, -0.25) is 0 Å². The van der Waals surface area contributed by atoms with Gasteiger partial charge in [-0.05, 0) is 18.3 Å². The molecule has 4 heteroatoms. The zero-order chi connectivity index (χ0) is 11.5. The lowest BCUT2D eigenvalue weighted by molar-refractivity contribution is 0.253. The van der Waals surface area contributed by atoms with Gasteiger partial charge in [-0.15, -0.1) is 0 Å². The first kappa shape index (κ1) is 11.2. The van der Waals surface area contributed by atoms with Gasteiger partial charge in [0.1, 0.15) is 6.33 Å². The quantitative estimate of drug-likeness (QED) is 0.802. The number of nitrogens with one attached hydrogen (secondary N) is 1. The molecule has 0 saturated heterocycles. The molecule has 3 N–H and O–H groups in total. The number of nitrogen functional groups attached to an aromatic ring is 1. The van der Waals surface area contributed by atoms with Gasteiger partial charge in [-0.25, -0.2) is 9.97 Å². The van der Waals surface area contributed by atoms with E-state index >= 15 is 0 Å². The minimum atomic E-state index is 0.487. The molecule has 0 bridgehead atoms. The Morgan fingerprint density at radius 2 is 2.19 bits per heavy atom. The van der Waals surface area contributed by atoms with Gasteiger partial charge in [0.25, 0.3) is 0 Å². The molecule has 1 aromatic heterocycles. The second-order valence-electron chi connectivity index (χ2n) is 4.84. The third-order valence-electron chi connectivity index (χ3n) is 3.77. The van der Waals surface area contributed by atoms with Gasteiger partial charge in [-0.2, -0.15) is 0 Å². The van der Waals surface area contributed by atoms with E-state index < -0.39 is 0 Å². The van der Waals surface area contributed by atoms with Crippen LogP contribution in [-0.2, 0) is 0 Å². The fourth-order valence-electron chi connectivity index (χ4n) is 2.42. The Kier molecular flexibility index (Phi) is 3.27. The van der Waals surface area contributed by atoms with Crippen LogP contribution in [0, 0.1) is 11.8 Å². The Balaban J connectivity index is 2.06. The summed E-state index contributed by atoms with van der Waals surface area (Å²) in [5.74, 6) is 2.22. The van der Waals surface area contributed by atoms with E-state index in [2.05, 4.69) is 29.1 Å². The molecule has 3 unspecified atom stereocenters. The third-order valence-corrected chi connectivity index (χ3v) is 3.77. The smallest absolute Gasteiger partial charge is 0.152 e. The molecule has 1 aromatic rings. The van der Waals surface area contributed by atoms with Crippen LogP contribution in [0.5, 0.6) is 0 Å². The summed E-state index contributed by atoms with van der Waals surface area (Å²) in [6, 6.07) is 0.487. The van der Waals surface area contributed by atoms with Gasteiger partial charge in [0.2, 0.25) is 0 Å². The first-order valence-corrected chi connectivity index (χ1v) is 6.00. The van der Waals surface area contributed by atoms with Crippen molar-refractivity contribution in [2.75, 3.05) is 11.1 Å². The summed E-state index contributed by atoms with van der Waals surface area (Å²) >= 11 is 0. The monoisotopic (exact) mass is 220 g/mol. The highest BCUT2D eigenvalue weighted by molar-refractivity contribution is 5.59. The van der Waals surface area contributed by atoms with Gasteiger partial charge in [0.05, 0.1) is 11.9 Å². The maximum Gasteiger partial charge on any atom is 0.152 e. The van der Waals surface area contributed by atoms with Gasteiger partial charge >= 0.3 is 0 Å². The molecule has 1 heterocycles. The second kappa shape index (κ2) is 4.68. The molecule has 1 fully saturated rings. The van der Waals surface area contributed by atoms with Crippen LogP contribution < -0.4 is 11.1 Å². The van der Waals surface area contributed by atoms with Crippen molar-refractivity contribution in [2.45, 2.75) is 39.2 Å². The zero-order valence-electron chi connectivity index (χ0n) is 9.98. The molecule has 1 aliphatic carbocycles. The summed E-state index contributed by atoms with van der Waals surface area (Å²) in [6.07, 6.45) is 7.00. The van der Waals surface area contributed by atoms with Crippen molar-refractivity contribution in [3.63, 3.8) is 0 Å². The van der Waals surface area contributed by atoms with E-state index in [1.165, 1.54) is 25.6 Å². The molecule has 1 aliphatic rings. The first-order chi connectivity index (χ1) is 7.68. The Morgan fingerprint density at radius 3 is 2.94 bits per heavy atom. The van der Waals surface area contributed by atoms with E-state index in [4.69, 9.17) is 5.73 Å². The van der Waals surface area contributed by atoms with Crippen molar-refractivity contribution in [3.05, 3.63) is 12.5 Å². The highest BCUT2D eigenvalue weighted by atomic mass is 15.1. The molecule has 0 amide bonds. The topological polar surface area (TPSA) is 63.8 Å². The molecule has 0 radical (unpaired) electrons. The van der Waals surface area contributed by atoms with Gasteiger partial charge < -0.3 is 11.1 Å². The predicted octanol–water partition coefficient (Wildman–Crippen LogP) is 2.30. The molecule has 16 heavy (non-hydrogen) atoms. The average Bonchev–Trinajstić information content (AvgIpc) is 2.28. The Labute approximate surface area is 96.7 Å². The second-order valence-corrected chi connectivity index (χ2v) is 4.84. The lowest BCUT2D eigenvalue weighted by Gasteiger charge is -2.35. The lowest BCUT2D eigenvalue weighted by Crippen LogP contribution is -2.35. The molecular weight excluding hydrogens is 200 g/mol. The minimum Gasteiger partial charge on any atom is -0.394 e. The van der Waals surface area contributed by atoms with Gasteiger partial charge in [-0.1, -0.05) is 26.7 Å². The SMILES string of the molecule is CC1CCCC(Nc2ncncc2N)C1C. The van der Waals surface area contributed by atoms with Crippen LogP contribution in [0.15, 0.2) is 12.5 Å². The van der Waals surface area contributed by atoms with Crippen molar-refractivity contribution in [1.29, 1.82) is 0 Å². The third kappa shape index (κ3) is 2.26. The summed E-state index contributed by atoms with van der Waals surface area (Å²) in [6.45, 7) is 4.63. The maximum atomic E-state index is 5.83. The molecule has 2 rings (SSSR count). The van der Waals surface area contributed by atoms with Crippen LogP contribution >= 0.6 is 0 Å². The molecule has 1 saturated carbocycles. The van der Waals surface area contributed by atoms with E-state index in [1.807, 2.05) is 0 Å². The molecule has 4 nitrogen and oxygen atoms in total. The summed E-state index contributed by atoms with van der Waals surface area (Å²) < 4.78 is 0. The van der Waals surface area contributed by atoms with E-state index in [1.54, 1.807) is 6.20 Å². The van der Waals surface area contributed by atoms with Crippen LogP contribution in [0.25, 0.3) is 0 Å². The standard InChI is InChI=1S/C12H20N4/c1-8-4-3-5-11(9(8)2)16-12-10(13)6-14-7-15-12/h6-9,11H,3-5,13H2,1-2H3,(H,14,15,16). The van der Waals surface area contributed by atoms with E-state index in [9.17, 15) is 0 Å². The minimum absolute atomic E-state index is 0.487. The molecule has 0 aliphatic heterocycles. The zero-order valence-corrected chi connectivity index (χ0v) is 9.98. The van der Waals surface area contributed by atoms with E-state index in [0.717, 1.165) is 11.7 Å². The largest absolute Gasteiger partial charge is 0.394 e. The number of anilines is 2.